The van der Waals surface area contributed by atoms with E-state index in [2.05, 4.69) is 20.8 Å². The van der Waals surface area contributed by atoms with Gasteiger partial charge in [0, 0.05) is 0 Å². The minimum Gasteiger partial charge on any atom is -0.394 e. The highest BCUT2D eigenvalue weighted by molar-refractivity contribution is 7.53. The van der Waals surface area contributed by atoms with Gasteiger partial charge < -0.3 is 18.9 Å². The van der Waals surface area contributed by atoms with E-state index in [9.17, 15) is 9.67 Å². The van der Waals surface area contributed by atoms with Crippen molar-refractivity contribution in [3.63, 3.8) is 0 Å². The number of hydrogen-bond acceptors (Lipinski definition) is 5. The Labute approximate surface area is 123 Å². The predicted octanol–water partition coefficient (Wildman–Crippen LogP) is 3.80. The highest BCUT2D eigenvalue weighted by Gasteiger charge is 2.30. The number of ether oxygens (including phenoxy) is 1. The van der Waals surface area contributed by atoms with Gasteiger partial charge in [0.25, 0.3) is 0 Å². The lowest BCUT2D eigenvalue weighted by molar-refractivity contribution is -0.00158. The SMILES string of the molecule is CC(C)OP(=O)(CO[C@H](CO)CC(C)(C)C)OC(C)C. The number of aliphatic hydroxyl groups excluding tert-OH is 1. The Morgan fingerprint density at radius 3 is 1.80 bits per heavy atom. The summed E-state index contributed by atoms with van der Waals surface area (Å²) in [5.74, 6) is 0. The van der Waals surface area contributed by atoms with Gasteiger partial charge >= 0.3 is 7.60 Å². The van der Waals surface area contributed by atoms with Crippen molar-refractivity contribution >= 4 is 7.60 Å². The topological polar surface area (TPSA) is 65.0 Å². The van der Waals surface area contributed by atoms with Crippen LogP contribution in [0.5, 0.6) is 0 Å². The first-order chi connectivity index (χ1) is 8.97. The first-order valence-electron chi connectivity index (χ1n) is 7.16. The summed E-state index contributed by atoms with van der Waals surface area (Å²) in [6.07, 6.45) is -0.246. The maximum atomic E-state index is 12.6. The maximum absolute atomic E-state index is 12.6. The van der Waals surface area contributed by atoms with Gasteiger partial charge in [0.1, 0.15) is 6.35 Å². The summed E-state index contributed by atoms with van der Waals surface area (Å²) in [5, 5.41) is 9.35. The van der Waals surface area contributed by atoms with E-state index in [4.69, 9.17) is 13.8 Å². The standard InChI is InChI=1S/C14H31O5P/c1-11(2)18-20(16,19-12(3)4)10-17-13(9-15)8-14(5,6)7/h11-13,15H,8-10H2,1-7H3/t13-/m0/s1. The molecule has 0 aromatic heterocycles. The maximum Gasteiger partial charge on any atom is 0.356 e. The summed E-state index contributed by atoms with van der Waals surface area (Å²) in [4.78, 5) is 0. The molecule has 0 rings (SSSR count). The van der Waals surface area contributed by atoms with E-state index in [1.807, 2.05) is 0 Å². The fraction of sp³-hybridized carbons (Fsp3) is 1.00. The number of aliphatic hydroxyl groups is 1. The molecule has 0 saturated heterocycles. The Morgan fingerprint density at radius 2 is 1.50 bits per heavy atom. The first kappa shape index (κ1) is 20.1. The monoisotopic (exact) mass is 310 g/mol. The third-order valence-corrected chi connectivity index (χ3v) is 4.21. The van der Waals surface area contributed by atoms with E-state index in [0.29, 0.717) is 6.42 Å². The van der Waals surface area contributed by atoms with E-state index >= 15 is 0 Å². The molecule has 0 fully saturated rings. The van der Waals surface area contributed by atoms with Gasteiger partial charge in [0.2, 0.25) is 0 Å². The van der Waals surface area contributed by atoms with Crippen molar-refractivity contribution in [2.24, 2.45) is 5.41 Å². The second kappa shape index (κ2) is 8.50. The van der Waals surface area contributed by atoms with Gasteiger partial charge in [0.05, 0.1) is 24.9 Å². The van der Waals surface area contributed by atoms with E-state index < -0.39 is 7.60 Å². The van der Waals surface area contributed by atoms with E-state index in [0.717, 1.165) is 0 Å². The molecule has 0 saturated carbocycles. The van der Waals surface area contributed by atoms with Crippen LogP contribution in [0.1, 0.15) is 54.9 Å². The Bertz CT molecular complexity index is 295. The molecule has 6 heteroatoms. The molecule has 0 aliphatic heterocycles. The lowest BCUT2D eigenvalue weighted by Crippen LogP contribution is -2.25. The minimum absolute atomic E-state index is 0.0230. The first-order valence-corrected chi connectivity index (χ1v) is 8.88. The average Bonchev–Trinajstić information content (AvgIpc) is 2.20. The molecule has 0 bridgehead atoms. The molecule has 0 aromatic rings. The van der Waals surface area contributed by atoms with Crippen molar-refractivity contribution in [3.8, 4) is 0 Å². The van der Waals surface area contributed by atoms with Crippen molar-refractivity contribution in [2.45, 2.75) is 73.2 Å². The molecule has 122 valence electrons. The summed E-state index contributed by atoms with van der Waals surface area (Å²) >= 11 is 0. The van der Waals surface area contributed by atoms with Crippen LogP contribution in [-0.4, -0.2) is 36.4 Å². The Balaban J connectivity index is 4.61. The van der Waals surface area contributed by atoms with Gasteiger partial charge in [-0.3, -0.25) is 4.57 Å². The van der Waals surface area contributed by atoms with Crippen molar-refractivity contribution in [1.29, 1.82) is 0 Å². The summed E-state index contributed by atoms with van der Waals surface area (Å²) < 4.78 is 28.9. The van der Waals surface area contributed by atoms with Crippen LogP contribution in [0, 0.1) is 5.41 Å². The van der Waals surface area contributed by atoms with Crippen LogP contribution in [0.25, 0.3) is 0 Å². The highest BCUT2D eigenvalue weighted by atomic mass is 31.2. The molecule has 1 atom stereocenters. The molecular weight excluding hydrogens is 279 g/mol. The van der Waals surface area contributed by atoms with Crippen LogP contribution in [-0.2, 0) is 18.3 Å². The smallest absolute Gasteiger partial charge is 0.356 e. The van der Waals surface area contributed by atoms with E-state index in [1.54, 1.807) is 27.7 Å². The Hall–Kier alpha value is 0.0700. The van der Waals surface area contributed by atoms with Crippen molar-refractivity contribution in [2.75, 3.05) is 13.0 Å². The third kappa shape index (κ3) is 9.89. The van der Waals surface area contributed by atoms with Crippen molar-refractivity contribution < 1.29 is 23.5 Å². The molecule has 5 nitrogen and oxygen atoms in total. The lowest BCUT2D eigenvalue weighted by atomic mass is 9.89. The van der Waals surface area contributed by atoms with Crippen LogP contribution in [0.3, 0.4) is 0 Å². The minimum atomic E-state index is -3.30. The predicted molar refractivity (Wildman–Crippen MR) is 80.9 cm³/mol. The molecule has 0 unspecified atom stereocenters. The second-order valence-corrected chi connectivity index (χ2v) is 8.69. The molecule has 0 amide bonds. The molecule has 0 heterocycles. The highest BCUT2D eigenvalue weighted by Crippen LogP contribution is 2.50. The summed E-state index contributed by atoms with van der Waals surface area (Å²) in [5.41, 5.74) is 0.0230. The third-order valence-electron chi connectivity index (χ3n) is 2.25. The zero-order valence-corrected chi connectivity index (χ0v) is 14.8. The van der Waals surface area contributed by atoms with Gasteiger partial charge in [0.15, 0.2) is 0 Å². The van der Waals surface area contributed by atoms with Gasteiger partial charge in [-0.25, -0.2) is 0 Å². The Kier molecular flexibility index (Phi) is 8.53. The van der Waals surface area contributed by atoms with Crippen LogP contribution in [0.4, 0.5) is 0 Å². The largest absolute Gasteiger partial charge is 0.394 e. The fourth-order valence-corrected chi connectivity index (χ4v) is 3.63. The molecular formula is C14H31O5P. The van der Waals surface area contributed by atoms with Gasteiger partial charge in [-0.2, -0.15) is 0 Å². The molecule has 1 N–H and O–H groups in total. The summed E-state index contributed by atoms with van der Waals surface area (Å²) in [6, 6.07) is 0. The van der Waals surface area contributed by atoms with Crippen LogP contribution >= 0.6 is 7.60 Å². The van der Waals surface area contributed by atoms with Crippen molar-refractivity contribution in [3.05, 3.63) is 0 Å². The lowest BCUT2D eigenvalue weighted by Gasteiger charge is -2.27. The van der Waals surface area contributed by atoms with Crippen LogP contribution in [0.2, 0.25) is 0 Å². The fourth-order valence-electron chi connectivity index (χ4n) is 1.78. The molecule has 0 aliphatic carbocycles. The molecule has 20 heavy (non-hydrogen) atoms. The van der Waals surface area contributed by atoms with Crippen molar-refractivity contribution in [1.82, 2.24) is 0 Å². The zero-order chi connectivity index (χ0) is 16.0. The molecule has 0 spiro atoms. The normalized spacial score (nSPS) is 15.1. The number of hydrogen-bond donors (Lipinski definition) is 1. The van der Waals surface area contributed by atoms with Gasteiger partial charge in [-0.05, 0) is 39.5 Å². The molecule has 0 radical (unpaired) electrons. The van der Waals surface area contributed by atoms with Crippen LogP contribution < -0.4 is 0 Å². The summed E-state index contributed by atoms with van der Waals surface area (Å²) in [7, 11) is -3.30. The quantitative estimate of drug-likeness (QED) is 0.656. The molecule has 0 aliphatic rings. The van der Waals surface area contributed by atoms with E-state index in [1.165, 1.54) is 0 Å². The molecule has 0 aromatic carbocycles. The number of rotatable bonds is 9. The van der Waals surface area contributed by atoms with E-state index in [-0.39, 0.29) is 36.7 Å². The summed E-state index contributed by atoms with van der Waals surface area (Å²) in [6.45, 7) is 13.3. The Morgan fingerprint density at radius 1 is 1.05 bits per heavy atom. The van der Waals surface area contributed by atoms with Gasteiger partial charge in [-0.15, -0.1) is 0 Å². The average molecular weight is 310 g/mol. The second-order valence-electron chi connectivity index (χ2n) is 6.78. The van der Waals surface area contributed by atoms with Crippen LogP contribution in [0.15, 0.2) is 0 Å². The van der Waals surface area contributed by atoms with Gasteiger partial charge in [-0.1, -0.05) is 20.8 Å². The zero-order valence-electron chi connectivity index (χ0n) is 13.9.